The molecule has 0 unspecified atom stereocenters. The quantitative estimate of drug-likeness (QED) is 0.821. The Bertz CT molecular complexity index is 341. The van der Waals surface area contributed by atoms with Crippen LogP contribution in [0.3, 0.4) is 0 Å². The highest BCUT2D eigenvalue weighted by Crippen LogP contribution is 2.21. The number of hydrogen-bond donors (Lipinski definition) is 2. The topological polar surface area (TPSA) is 41.1 Å². The fourth-order valence-corrected chi connectivity index (χ4v) is 1.66. The van der Waals surface area contributed by atoms with Crippen molar-refractivity contribution in [2.24, 2.45) is 0 Å². The van der Waals surface area contributed by atoms with Gasteiger partial charge in [0.15, 0.2) is 0 Å². The highest BCUT2D eigenvalue weighted by atomic mass is 35.5. The second kappa shape index (κ2) is 5.73. The van der Waals surface area contributed by atoms with Crippen LogP contribution in [0, 0.1) is 0 Å². The number of benzene rings is 1. The molecule has 1 rings (SSSR count). The minimum Gasteiger partial charge on any atom is -0.348 e. The molecule has 82 valence electrons. The highest BCUT2D eigenvalue weighted by molar-refractivity contribution is 6.31. The fraction of sp³-hybridized carbons (Fsp3) is 0.364. The van der Waals surface area contributed by atoms with Gasteiger partial charge in [0.25, 0.3) is 0 Å². The van der Waals surface area contributed by atoms with Crippen molar-refractivity contribution in [2.45, 2.75) is 13.0 Å². The molecule has 1 aromatic rings. The SMILES string of the molecule is CNCC(=O)N[C@@H](C)c1ccccc1Cl. The number of amides is 1. The molecule has 1 atom stereocenters. The molecule has 0 radical (unpaired) electrons. The number of nitrogens with one attached hydrogen (secondary N) is 2. The van der Waals surface area contributed by atoms with E-state index in [2.05, 4.69) is 10.6 Å². The van der Waals surface area contributed by atoms with E-state index in [1.54, 1.807) is 7.05 Å². The van der Waals surface area contributed by atoms with Gasteiger partial charge in [0.05, 0.1) is 12.6 Å². The summed E-state index contributed by atoms with van der Waals surface area (Å²) in [7, 11) is 1.74. The lowest BCUT2D eigenvalue weighted by atomic mass is 10.1. The summed E-state index contributed by atoms with van der Waals surface area (Å²) in [4.78, 5) is 11.3. The van der Waals surface area contributed by atoms with Gasteiger partial charge in [-0.2, -0.15) is 0 Å². The summed E-state index contributed by atoms with van der Waals surface area (Å²) in [5.41, 5.74) is 0.934. The average Bonchev–Trinajstić information content (AvgIpc) is 2.18. The van der Waals surface area contributed by atoms with Crippen molar-refractivity contribution in [2.75, 3.05) is 13.6 Å². The van der Waals surface area contributed by atoms with E-state index in [1.807, 2.05) is 31.2 Å². The van der Waals surface area contributed by atoms with E-state index in [0.29, 0.717) is 11.6 Å². The molecule has 0 fully saturated rings. The van der Waals surface area contributed by atoms with Crippen LogP contribution in [0.15, 0.2) is 24.3 Å². The Kier molecular flexibility index (Phi) is 4.59. The third-order valence-electron chi connectivity index (χ3n) is 2.09. The maximum atomic E-state index is 11.3. The van der Waals surface area contributed by atoms with Crippen LogP contribution in [0.25, 0.3) is 0 Å². The number of hydrogen-bond acceptors (Lipinski definition) is 2. The number of likely N-dealkylation sites (N-methyl/N-ethyl adjacent to an activating group) is 1. The van der Waals surface area contributed by atoms with Crippen molar-refractivity contribution in [3.63, 3.8) is 0 Å². The smallest absolute Gasteiger partial charge is 0.234 e. The lowest BCUT2D eigenvalue weighted by molar-refractivity contribution is -0.120. The van der Waals surface area contributed by atoms with Crippen LogP contribution in [-0.4, -0.2) is 19.5 Å². The second-order valence-corrected chi connectivity index (χ2v) is 3.75. The standard InChI is InChI=1S/C11H15ClN2O/c1-8(14-11(15)7-13-2)9-5-3-4-6-10(9)12/h3-6,8,13H,7H2,1-2H3,(H,14,15)/t8-/m0/s1. The van der Waals surface area contributed by atoms with Gasteiger partial charge in [-0.15, -0.1) is 0 Å². The largest absolute Gasteiger partial charge is 0.348 e. The van der Waals surface area contributed by atoms with Crippen molar-refractivity contribution in [3.8, 4) is 0 Å². The molecule has 0 bridgehead atoms. The molecule has 1 aromatic carbocycles. The number of carbonyl (C=O) groups is 1. The lowest BCUT2D eigenvalue weighted by Crippen LogP contribution is -2.34. The van der Waals surface area contributed by atoms with Crippen molar-refractivity contribution >= 4 is 17.5 Å². The first-order chi connectivity index (χ1) is 7.15. The van der Waals surface area contributed by atoms with Crippen LogP contribution < -0.4 is 10.6 Å². The lowest BCUT2D eigenvalue weighted by Gasteiger charge is -2.15. The number of carbonyl (C=O) groups excluding carboxylic acids is 1. The molecule has 0 aliphatic heterocycles. The van der Waals surface area contributed by atoms with Crippen LogP contribution in [0.1, 0.15) is 18.5 Å². The third-order valence-corrected chi connectivity index (χ3v) is 2.43. The van der Waals surface area contributed by atoms with Crippen LogP contribution in [0.2, 0.25) is 5.02 Å². The van der Waals surface area contributed by atoms with E-state index in [9.17, 15) is 4.79 Å². The monoisotopic (exact) mass is 226 g/mol. The van der Waals surface area contributed by atoms with Crippen LogP contribution in [0.5, 0.6) is 0 Å². The number of halogens is 1. The predicted octanol–water partition coefficient (Wildman–Crippen LogP) is 1.74. The first kappa shape index (κ1) is 12.0. The van der Waals surface area contributed by atoms with Crippen molar-refractivity contribution < 1.29 is 4.79 Å². The van der Waals surface area contributed by atoms with Crippen LogP contribution in [0.4, 0.5) is 0 Å². The molecule has 0 aliphatic carbocycles. The number of rotatable bonds is 4. The normalized spacial score (nSPS) is 12.2. The molecular formula is C11H15ClN2O. The van der Waals surface area contributed by atoms with Gasteiger partial charge in [-0.3, -0.25) is 4.79 Å². The summed E-state index contributed by atoms with van der Waals surface area (Å²) in [5, 5.41) is 6.32. The second-order valence-electron chi connectivity index (χ2n) is 3.34. The summed E-state index contributed by atoms with van der Waals surface area (Å²) < 4.78 is 0. The summed E-state index contributed by atoms with van der Waals surface area (Å²) in [6, 6.07) is 7.43. The van der Waals surface area contributed by atoms with E-state index in [4.69, 9.17) is 11.6 Å². The van der Waals surface area contributed by atoms with Gasteiger partial charge in [-0.05, 0) is 25.6 Å². The Morgan fingerprint density at radius 2 is 2.13 bits per heavy atom. The molecule has 0 aliphatic rings. The summed E-state index contributed by atoms with van der Waals surface area (Å²) in [6.07, 6.45) is 0. The molecule has 3 nitrogen and oxygen atoms in total. The van der Waals surface area contributed by atoms with Crippen molar-refractivity contribution in [1.82, 2.24) is 10.6 Å². The molecule has 0 heterocycles. The summed E-state index contributed by atoms with van der Waals surface area (Å²) in [6.45, 7) is 2.23. The van der Waals surface area contributed by atoms with Gasteiger partial charge in [-0.25, -0.2) is 0 Å². The summed E-state index contributed by atoms with van der Waals surface area (Å²) >= 11 is 6.01. The minimum absolute atomic E-state index is 0.0371. The molecule has 1 amide bonds. The average molecular weight is 227 g/mol. The van der Waals surface area contributed by atoms with Gasteiger partial charge in [0.2, 0.25) is 5.91 Å². The fourth-order valence-electron chi connectivity index (χ4n) is 1.36. The Hall–Kier alpha value is -1.06. The van der Waals surface area contributed by atoms with Crippen molar-refractivity contribution in [3.05, 3.63) is 34.9 Å². The zero-order valence-electron chi connectivity index (χ0n) is 8.88. The molecule has 0 saturated heterocycles. The van der Waals surface area contributed by atoms with E-state index in [-0.39, 0.29) is 11.9 Å². The van der Waals surface area contributed by atoms with Crippen molar-refractivity contribution in [1.29, 1.82) is 0 Å². The Balaban J connectivity index is 2.65. The van der Waals surface area contributed by atoms with Gasteiger partial charge in [0, 0.05) is 5.02 Å². The van der Waals surface area contributed by atoms with E-state index in [0.717, 1.165) is 5.56 Å². The van der Waals surface area contributed by atoms with E-state index in [1.165, 1.54) is 0 Å². The highest BCUT2D eigenvalue weighted by Gasteiger charge is 2.10. The van der Waals surface area contributed by atoms with Crippen LogP contribution >= 0.6 is 11.6 Å². The maximum Gasteiger partial charge on any atom is 0.234 e. The van der Waals surface area contributed by atoms with Crippen LogP contribution in [-0.2, 0) is 4.79 Å². The third kappa shape index (κ3) is 3.53. The minimum atomic E-state index is -0.0699. The van der Waals surface area contributed by atoms with E-state index >= 15 is 0 Å². The molecule has 0 saturated carbocycles. The Morgan fingerprint density at radius 1 is 1.47 bits per heavy atom. The first-order valence-corrected chi connectivity index (χ1v) is 5.21. The molecule has 0 aromatic heterocycles. The maximum absolute atomic E-state index is 11.3. The molecular weight excluding hydrogens is 212 g/mol. The summed E-state index contributed by atoms with van der Waals surface area (Å²) in [5.74, 6) is -0.0371. The molecule has 0 spiro atoms. The molecule has 4 heteroatoms. The zero-order valence-corrected chi connectivity index (χ0v) is 9.64. The Morgan fingerprint density at radius 3 is 2.73 bits per heavy atom. The van der Waals surface area contributed by atoms with Gasteiger partial charge >= 0.3 is 0 Å². The van der Waals surface area contributed by atoms with Gasteiger partial charge < -0.3 is 10.6 Å². The van der Waals surface area contributed by atoms with E-state index < -0.39 is 0 Å². The Labute approximate surface area is 94.8 Å². The molecule has 15 heavy (non-hydrogen) atoms. The van der Waals surface area contributed by atoms with Gasteiger partial charge in [0.1, 0.15) is 0 Å². The van der Waals surface area contributed by atoms with Gasteiger partial charge in [-0.1, -0.05) is 29.8 Å². The predicted molar refractivity (Wildman–Crippen MR) is 61.9 cm³/mol. The first-order valence-electron chi connectivity index (χ1n) is 4.83. The zero-order chi connectivity index (χ0) is 11.3. The molecule has 2 N–H and O–H groups in total.